The number of carbonyl (C=O) groups excluding carboxylic acids is 1. The molecule has 33 heavy (non-hydrogen) atoms. The molecule has 1 saturated heterocycles. The average molecular weight is 483 g/mol. The summed E-state index contributed by atoms with van der Waals surface area (Å²) in [5.74, 6) is 0.534. The van der Waals surface area contributed by atoms with Gasteiger partial charge in [0.1, 0.15) is 11.9 Å². The molecule has 10 heteroatoms. The molecule has 1 aromatic carbocycles. The van der Waals surface area contributed by atoms with Crippen LogP contribution in [0.15, 0.2) is 28.6 Å². The molecule has 1 aliphatic rings. The first-order chi connectivity index (χ1) is 15.9. The molecule has 1 atom stereocenters. The third-order valence-electron chi connectivity index (χ3n) is 5.61. The molecule has 2 N–H and O–H groups in total. The number of hydrogen-bond donors (Lipinski definition) is 2. The Morgan fingerprint density at radius 2 is 2.21 bits per heavy atom. The van der Waals surface area contributed by atoms with E-state index in [1.165, 1.54) is 23.1 Å². The van der Waals surface area contributed by atoms with Crippen LogP contribution in [0.25, 0.3) is 0 Å². The van der Waals surface area contributed by atoms with E-state index >= 15 is 0 Å². The number of ether oxygens (including phenoxy) is 1. The summed E-state index contributed by atoms with van der Waals surface area (Å²) in [6.07, 6.45) is 2.13. The van der Waals surface area contributed by atoms with Gasteiger partial charge in [0.05, 0.1) is 24.0 Å². The monoisotopic (exact) mass is 482 g/mol. The Bertz CT molecular complexity index is 1190. The standard InChI is InChI=1S/C23H26N6O2S2/c1-14-6-4-7-17(10-14)25-22-27-28-23(33-22)32-13-20(30)26-21-19(11-24)15(2)16(3)29(21)12-18-8-5-9-31-18/h4,6-7,10,18H,5,8-9,12-13H2,1-3H3,(H,25,27)(H,26,30)/t18-/m1/s1. The third-order valence-corrected chi connectivity index (χ3v) is 7.58. The van der Waals surface area contributed by atoms with Crippen LogP contribution >= 0.6 is 23.1 Å². The number of rotatable bonds is 8. The molecular weight excluding hydrogens is 456 g/mol. The minimum Gasteiger partial charge on any atom is -0.376 e. The Hall–Kier alpha value is -2.87. The van der Waals surface area contributed by atoms with Crippen LogP contribution in [0.3, 0.4) is 0 Å². The second kappa shape index (κ2) is 10.4. The summed E-state index contributed by atoms with van der Waals surface area (Å²) in [4.78, 5) is 12.8. The van der Waals surface area contributed by atoms with Gasteiger partial charge in [0.25, 0.3) is 0 Å². The van der Waals surface area contributed by atoms with Crippen molar-refractivity contribution in [1.82, 2.24) is 14.8 Å². The highest BCUT2D eigenvalue weighted by Gasteiger charge is 2.24. The van der Waals surface area contributed by atoms with Gasteiger partial charge < -0.3 is 19.9 Å². The lowest BCUT2D eigenvalue weighted by molar-refractivity contribution is -0.113. The molecule has 0 aliphatic carbocycles. The number of anilines is 3. The number of nitrogens with one attached hydrogen (secondary N) is 2. The molecule has 4 rings (SSSR count). The quantitative estimate of drug-likeness (QED) is 0.445. The highest BCUT2D eigenvalue weighted by molar-refractivity contribution is 8.01. The Labute approximate surface area is 201 Å². The van der Waals surface area contributed by atoms with E-state index in [-0.39, 0.29) is 17.8 Å². The van der Waals surface area contributed by atoms with Crippen LogP contribution in [0.4, 0.5) is 16.6 Å². The van der Waals surface area contributed by atoms with Crippen LogP contribution < -0.4 is 10.6 Å². The molecule has 0 radical (unpaired) electrons. The number of aryl methyl sites for hydroxylation is 1. The second-order valence-electron chi connectivity index (χ2n) is 8.00. The Morgan fingerprint density at radius 3 is 2.94 bits per heavy atom. The van der Waals surface area contributed by atoms with E-state index in [1.807, 2.05) is 49.6 Å². The molecule has 0 unspecified atom stereocenters. The smallest absolute Gasteiger partial charge is 0.235 e. The molecule has 8 nitrogen and oxygen atoms in total. The van der Waals surface area contributed by atoms with E-state index in [0.29, 0.717) is 27.4 Å². The first-order valence-electron chi connectivity index (χ1n) is 10.8. The van der Waals surface area contributed by atoms with Gasteiger partial charge in [-0.25, -0.2) is 0 Å². The highest BCUT2D eigenvalue weighted by atomic mass is 32.2. The molecule has 1 fully saturated rings. The van der Waals surface area contributed by atoms with Crippen molar-refractivity contribution >= 4 is 45.6 Å². The normalized spacial score (nSPS) is 15.4. The van der Waals surface area contributed by atoms with Crippen molar-refractivity contribution in [3.05, 3.63) is 46.6 Å². The molecular formula is C23H26N6O2S2. The minimum absolute atomic E-state index is 0.104. The maximum atomic E-state index is 12.8. The van der Waals surface area contributed by atoms with Crippen molar-refractivity contribution < 1.29 is 9.53 Å². The molecule has 3 heterocycles. The zero-order chi connectivity index (χ0) is 23.4. The number of nitriles is 1. The molecule has 2 aromatic heterocycles. The van der Waals surface area contributed by atoms with E-state index in [0.717, 1.165) is 42.0 Å². The van der Waals surface area contributed by atoms with Gasteiger partial charge in [-0.2, -0.15) is 5.26 Å². The van der Waals surface area contributed by atoms with Crippen LogP contribution in [0.5, 0.6) is 0 Å². The van der Waals surface area contributed by atoms with Gasteiger partial charge in [0.2, 0.25) is 11.0 Å². The summed E-state index contributed by atoms with van der Waals surface area (Å²) < 4.78 is 8.47. The Kier molecular flexibility index (Phi) is 7.33. The second-order valence-corrected chi connectivity index (χ2v) is 10.2. The first kappa shape index (κ1) is 23.3. The van der Waals surface area contributed by atoms with E-state index in [2.05, 4.69) is 26.9 Å². The molecule has 0 bridgehead atoms. The summed E-state index contributed by atoms with van der Waals surface area (Å²) >= 11 is 2.72. The van der Waals surface area contributed by atoms with Gasteiger partial charge in [-0.15, -0.1) is 10.2 Å². The molecule has 1 aliphatic heterocycles. The summed E-state index contributed by atoms with van der Waals surface area (Å²) in [5.41, 5.74) is 4.46. The van der Waals surface area contributed by atoms with E-state index in [1.54, 1.807) is 0 Å². The number of aromatic nitrogens is 3. The lowest BCUT2D eigenvalue weighted by Gasteiger charge is -2.16. The Morgan fingerprint density at radius 1 is 1.36 bits per heavy atom. The zero-order valence-corrected chi connectivity index (χ0v) is 20.5. The van der Waals surface area contributed by atoms with Crippen LogP contribution in [0, 0.1) is 32.1 Å². The lowest BCUT2D eigenvalue weighted by atomic mass is 10.2. The van der Waals surface area contributed by atoms with Crippen LogP contribution in [-0.4, -0.2) is 39.1 Å². The molecule has 0 spiro atoms. The van der Waals surface area contributed by atoms with Crippen LogP contribution in [-0.2, 0) is 16.1 Å². The topological polar surface area (TPSA) is 105 Å². The summed E-state index contributed by atoms with van der Waals surface area (Å²) in [6, 6.07) is 10.3. The van der Waals surface area contributed by atoms with Crippen molar-refractivity contribution in [2.45, 2.75) is 50.6 Å². The first-order valence-corrected chi connectivity index (χ1v) is 12.6. The van der Waals surface area contributed by atoms with Crippen LogP contribution in [0.1, 0.15) is 35.2 Å². The average Bonchev–Trinajstić information content (AvgIpc) is 3.51. The van der Waals surface area contributed by atoms with Crippen molar-refractivity contribution in [3.63, 3.8) is 0 Å². The largest absolute Gasteiger partial charge is 0.376 e. The number of nitrogens with zero attached hydrogens (tertiary/aromatic N) is 4. The molecule has 0 saturated carbocycles. The minimum atomic E-state index is -0.189. The Balaban J connectivity index is 1.39. The predicted molar refractivity (Wildman–Crippen MR) is 131 cm³/mol. The van der Waals surface area contributed by atoms with Gasteiger partial charge in [-0.3, -0.25) is 4.79 Å². The third kappa shape index (κ3) is 5.55. The van der Waals surface area contributed by atoms with Gasteiger partial charge in [0.15, 0.2) is 4.34 Å². The summed E-state index contributed by atoms with van der Waals surface area (Å²) in [5, 5.41) is 24.9. The van der Waals surface area contributed by atoms with Gasteiger partial charge in [0, 0.05) is 18.0 Å². The highest BCUT2D eigenvalue weighted by Crippen LogP contribution is 2.30. The number of carbonyl (C=O) groups is 1. The fraction of sp³-hybridized carbons (Fsp3) is 0.391. The number of thioether (sulfide) groups is 1. The molecule has 3 aromatic rings. The number of hydrogen-bond acceptors (Lipinski definition) is 8. The predicted octanol–water partition coefficient (Wildman–Crippen LogP) is 4.79. The molecule has 1 amide bonds. The van der Waals surface area contributed by atoms with Crippen molar-refractivity contribution in [1.29, 1.82) is 5.26 Å². The van der Waals surface area contributed by atoms with E-state index < -0.39 is 0 Å². The number of benzene rings is 1. The SMILES string of the molecule is Cc1cccc(Nc2nnc(SCC(=O)Nc3c(C#N)c(C)c(C)n3C[C@H]3CCCO3)s2)c1. The van der Waals surface area contributed by atoms with Gasteiger partial charge in [-0.05, 0) is 56.9 Å². The van der Waals surface area contributed by atoms with Crippen molar-refractivity contribution in [2.75, 3.05) is 23.0 Å². The van der Waals surface area contributed by atoms with Crippen LogP contribution in [0.2, 0.25) is 0 Å². The fourth-order valence-electron chi connectivity index (χ4n) is 3.81. The van der Waals surface area contributed by atoms with E-state index in [9.17, 15) is 10.1 Å². The van der Waals surface area contributed by atoms with Gasteiger partial charge >= 0.3 is 0 Å². The fourth-order valence-corrected chi connectivity index (χ4v) is 5.38. The maximum absolute atomic E-state index is 12.8. The lowest BCUT2D eigenvalue weighted by Crippen LogP contribution is -2.22. The zero-order valence-electron chi connectivity index (χ0n) is 18.8. The maximum Gasteiger partial charge on any atom is 0.235 e. The number of amides is 1. The van der Waals surface area contributed by atoms with E-state index in [4.69, 9.17) is 4.74 Å². The summed E-state index contributed by atoms with van der Waals surface area (Å²) in [7, 11) is 0. The summed E-state index contributed by atoms with van der Waals surface area (Å²) in [6.45, 7) is 7.30. The van der Waals surface area contributed by atoms with Crippen molar-refractivity contribution in [3.8, 4) is 6.07 Å². The van der Waals surface area contributed by atoms with Gasteiger partial charge in [-0.1, -0.05) is 35.2 Å². The molecule has 172 valence electrons. The van der Waals surface area contributed by atoms with Crippen molar-refractivity contribution in [2.24, 2.45) is 0 Å².